The lowest BCUT2D eigenvalue weighted by Crippen LogP contribution is -2.39. The van der Waals surface area contributed by atoms with Gasteiger partial charge in [0.2, 0.25) is 0 Å². The zero-order valence-electron chi connectivity index (χ0n) is 11.3. The molecular formula is C15H21NO2. The average molecular weight is 247 g/mol. The van der Waals surface area contributed by atoms with Gasteiger partial charge in [-0.2, -0.15) is 0 Å². The number of hydrogen-bond donors (Lipinski definition) is 1. The van der Waals surface area contributed by atoms with Crippen molar-refractivity contribution in [1.82, 2.24) is 5.32 Å². The van der Waals surface area contributed by atoms with E-state index in [-0.39, 0.29) is 17.7 Å². The first-order valence-electron chi connectivity index (χ1n) is 6.56. The summed E-state index contributed by atoms with van der Waals surface area (Å²) in [5.74, 6) is 0.155. The van der Waals surface area contributed by atoms with Crippen molar-refractivity contribution in [1.29, 1.82) is 0 Å². The van der Waals surface area contributed by atoms with E-state index in [1.165, 1.54) is 5.56 Å². The number of aryl methyl sites for hydroxylation is 2. The van der Waals surface area contributed by atoms with Crippen LogP contribution in [0, 0.1) is 19.8 Å². The van der Waals surface area contributed by atoms with Crippen LogP contribution in [0.4, 0.5) is 0 Å². The standard InChI is InChI=1S/C15H21NO2/c1-4-16-14-9-18-8-13(14)15(17)12-6-5-10(2)7-11(12)3/h5-7,13-14,16H,4,8-9H2,1-3H3. The number of carbonyl (C=O) groups excluding carboxylic acids is 1. The lowest BCUT2D eigenvalue weighted by Gasteiger charge is -2.18. The molecule has 2 unspecified atom stereocenters. The molecule has 0 amide bonds. The van der Waals surface area contributed by atoms with E-state index in [1.807, 2.05) is 26.0 Å². The molecule has 1 N–H and O–H groups in total. The first-order chi connectivity index (χ1) is 8.63. The molecule has 1 aromatic carbocycles. The summed E-state index contributed by atoms with van der Waals surface area (Å²) < 4.78 is 5.45. The highest BCUT2D eigenvalue weighted by molar-refractivity contribution is 5.99. The number of ether oxygens (including phenoxy) is 1. The van der Waals surface area contributed by atoms with Gasteiger partial charge in [-0.3, -0.25) is 4.79 Å². The zero-order valence-corrected chi connectivity index (χ0v) is 11.3. The second-order valence-electron chi connectivity index (χ2n) is 4.99. The Balaban J connectivity index is 2.20. The van der Waals surface area contributed by atoms with Gasteiger partial charge in [0.15, 0.2) is 5.78 Å². The van der Waals surface area contributed by atoms with E-state index in [9.17, 15) is 4.79 Å². The summed E-state index contributed by atoms with van der Waals surface area (Å²) in [6, 6.07) is 6.15. The fraction of sp³-hybridized carbons (Fsp3) is 0.533. The van der Waals surface area contributed by atoms with Crippen molar-refractivity contribution in [3.8, 4) is 0 Å². The summed E-state index contributed by atoms with van der Waals surface area (Å²) in [7, 11) is 0. The lowest BCUT2D eigenvalue weighted by molar-refractivity contribution is 0.0891. The SMILES string of the molecule is CCNC1COCC1C(=O)c1ccc(C)cc1C. The monoisotopic (exact) mass is 247 g/mol. The van der Waals surface area contributed by atoms with Crippen molar-refractivity contribution in [2.75, 3.05) is 19.8 Å². The van der Waals surface area contributed by atoms with Crippen LogP contribution in [0.1, 0.15) is 28.4 Å². The molecule has 3 heteroatoms. The highest BCUT2D eigenvalue weighted by Gasteiger charge is 2.34. The lowest BCUT2D eigenvalue weighted by atomic mass is 9.90. The van der Waals surface area contributed by atoms with Crippen LogP contribution in [0.25, 0.3) is 0 Å². The van der Waals surface area contributed by atoms with Crippen molar-refractivity contribution < 1.29 is 9.53 Å². The van der Waals surface area contributed by atoms with Crippen LogP contribution in [-0.2, 0) is 4.74 Å². The minimum absolute atomic E-state index is 0.0497. The Morgan fingerprint density at radius 1 is 1.39 bits per heavy atom. The molecule has 1 fully saturated rings. The Morgan fingerprint density at radius 3 is 2.83 bits per heavy atom. The number of benzene rings is 1. The van der Waals surface area contributed by atoms with Gasteiger partial charge in [0, 0.05) is 11.6 Å². The third-order valence-corrected chi connectivity index (χ3v) is 3.53. The summed E-state index contributed by atoms with van der Waals surface area (Å²) in [6.45, 7) is 8.13. The van der Waals surface area contributed by atoms with Gasteiger partial charge in [0.1, 0.15) is 0 Å². The molecule has 2 rings (SSSR count). The first-order valence-corrected chi connectivity index (χ1v) is 6.56. The molecule has 1 aromatic rings. The van der Waals surface area contributed by atoms with Gasteiger partial charge in [0.25, 0.3) is 0 Å². The second kappa shape index (κ2) is 5.63. The number of rotatable bonds is 4. The maximum atomic E-state index is 12.5. The minimum atomic E-state index is -0.0497. The third kappa shape index (κ3) is 2.62. The van der Waals surface area contributed by atoms with Crippen LogP contribution in [-0.4, -0.2) is 31.6 Å². The molecule has 0 spiro atoms. The molecule has 98 valence electrons. The molecule has 0 radical (unpaired) electrons. The maximum absolute atomic E-state index is 12.5. The Kier molecular flexibility index (Phi) is 4.15. The van der Waals surface area contributed by atoms with Crippen molar-refractivity contribution in [2.45, 2.75) is 26.8 Å². The van der Waals surface area contributed by atoms with Crippen LogP contribution in [0.2, 0.25) is 0 Å². The fourth-order valence-electron chi connectivity index (χ4n) is 2.57. The third-order valence-electron chi connectivity index (χ3n) is 3.53. The van der Waals surface area contributed by atoms with Crippen LogP contribution in [0.15, 0.2) is 18.2 Å². The van der Waals surface area contributed by atoms with Crippen molar-refractivity contribution in [3.63, 3.8) is 0 Å². The summed E-state index contributed by atoms with van der Waals surface area (Å²) in [6.07, 6.45) is 0. The second-order valence-corrected chi connectivity index (χ2v) is 4.99. The van der Waals surface area contributed by atoms with E-state index in [1.54, 1.807) is 0 Å². The molecule has 18 heavy (non-hydrogen) atoms. The van der Waals surface area contributed by atoms with Gasteiger partial charge in [-0.05, 0) is 26.0 Å². The summed E-state index contributed by atoms with van der Waals surface area (Å²) in [5, 5.41) is 3.33. The van der Waals surface area contributed by atoms with E-state index < -0.39 is 0 Å². The van der Waals surface area contributed by atoms with Crippen LogP contribution >= 0.6 is 0 Å². The van der Waals surface area contributed by atoms with E-state index in [2.05, 4.69) is 18.3 Å². The minimum Gasteiger partial charge on any atom is -0.379 e. The topological polar surface area (TPSA) is 38.3 Å². The average Bonchev–Trinajstić information content (AvgIpc) is 2.77. The molecule has 0 aliphatic carbocycles. The number of Topliss-reactive ketones (excluding diaryl/α,β-unsaturated/α-hetero) is 1. The smallest absolute Gasteiger partial charge is 0.170 e. The Bertz CT molecular complexity index is 442. The normalized spacial score (nSPS) is 23.3. The molecule has 0 saturated carbocycles. The molecule has 2 atom stereocenters. The van der Waals surface area contributed by atoms with Crippen LogP contribution < -0.4 is 5.32 Å². The van der Waals surface area contributed by atoms with Crippen molar-refractivity contribution in [2.24, 2.45) is 5.92 Å². The predicted molar refractivity (Wildman–Crippen MR) is 72.0 cm³/mol. The molecule has 0 aromatic heterocycles. The molecule has 0 bridgehead atoms. The quantitative estimate of drug-likeness (QED) is 0.828. The number of hydrogen-bond acceptors (Lipinski definition) is 3. The highest BCUT2D eigenvalue weighted by Crippen LogP contribution is 2.22. The number of carbonyl (C=O) groups is 1. The summed E-state index contributed by atoms with van der Waals surface area (Å²) in [5.41, 5.74) is 3.08. The Morgan fingerprint density at radius 2 is 2.17 bits per heavy atom. The van der Waals surface area contributed by atoms with E-state index in [0.717, 1.165) is 17.7 Å². The maximum Gasteiger partial charge on any atom is 0.170 e. The Hall–Kier alpha value is -1.19. The fourth-order valence-corrected chi connectivity index (χ4v) is 2.57. The molecule has 1 saturated heterocycles. The van der Waals surface area contributed by atoms with Gasteiger partial charge in [0.05, 0.1) is 19.1 Å². The molecule has 1 aliphatic rings. The summed E-state index contributed by atoms with van der Waals surface area (Å²) in [4.78, 5) is 12.5. The zero-order chi connectivity index (χ0) is 13.1. The number of nitrogens with one attached hydrogen (secondary N) is 1. The molecular weight excluding hydrogens is 226 g/mol. The molecule has 3 nitrogen and oxygen atoms in total. The van der Waals surface area contributed by atoms with Gasteiger partial charge in [-0.15, -0.1) is 0 Å². The van der Waals surface area contributed by atoms with E-state index in [0.29, 0.717) is 13.2 Å². The molecule has 1 heterocycles. The highest BCUT2D eigenvalue weighted by atomic mass is 16.5. The Labute approximate surface area is 109 Å². The van der Waals surface area contributed by atoms with Gasteiger partial charge < -0.3 is 10.1 Å². The van der Waals surface area contributed by atoms with Crippen molar-refractivity contribution >= 4 is 5.78 Å². The van der Waals surface area contributed by atoms with Gasteiger partial charge >= 0.3 is 0 Å². The summed E-state index contributed by atoms with van der Waals surface area (Å²) >= 11 is 0. The largest absolute Gasteiger partial charge is 0.379 e. The van der Waals surface area contributed by atoms with Crippen LogP contribution in [0.5, 0.6) is 0 Å². The number of ketones is 1. The predicted octanol–water partition coefficient (Wildman–Crippen LogP) is 2.11. The number of likely N-dealkylation sites (N-methyl/N-ethyl adjacent to an activating group) is 1. The van der Waals surface area contributed by atoms with Gasteiger partial charge in [-0.25, -0.2) is 0 Å². The van der Waals surface area contributed by atoms with Crippen molar-refractivity contribution in [3.05, 3.63) is 34.9 Å². The van der Waals surface area contributed by atoms with E-state index >= 15 is 0 Å². The molecule has 1 aliphatic heterocycles. The van der Waals surface area contributed by atoms with Gasteiger partial charge in [-0.1, -0.05) is 30.7 Å². The first kappa shape index (κ1) is 13.2. The van der Waals surface area contributed by atoms with E-state index in [4.69, 9.17) is 4.74 Å². The van der Waals surface area contributed by atoms with Crippen LogP contribution in [0.3, 0.4) is 0 Å².